The molecule has 3 unspecified atom stereocenters. The van der Waals surface area contributed by atoms with Crippen LogP contribution in [0.4, 0.5) is 4.79 Å². The number of carbonyl (C=O) groups is 2. The van der Waals surface area contributed by atoms with Crippen molar-refractivity contribution in [3.8, 4) is 0 Å². The van der Waals surface area contributed by atoms with E-state index in [-0.39, 0.29) is 11.9 Å². The lowest BCUT2D eigenvalue weighted by Crippen LogP contribution is -2.49. The molecule has 1 fully saturated rings. The summed E-state index contributed by atoms with van der Waals surface area (Å²) in [6.45, 7) is 9.28. The first-order valence-corrected chi connectivity index (χ1v) is 8.53. The maximum atomic E-state index is 12.2. The smallest absolute Gasteiger partial charge is 0.408 e. The predicted octanol–water partition coefficient (Wildman–Crippen LogP) is 3.37. The second-order valence-electron chi connectivity index (χ2n) is 7.32. The second kappa shape index (κ2) is 8.39. The van der Waals surface area contributed by atoms with E-state index in [4.69, 9.17) is 4.74 Å². The first-order chi connectivity index (χ1) is 10.2. The van der Waals surface area contributed by atoms with E-state index < -0.39 is 17.7 Å². The fourth-order valence-electron chi connectivity index (χ4n) is 2.90. The molecule has 2 N–H and O–H groups in total. The molecule has 0 saturated heterocycles. The van der Waals surface area contributed by atoms with Crippen molar-refractivity contribution in [3.63, 3.8) is 0 Å². The third kappa shape index (κ3) is 6.67. The zero-order chi connectivity index (χ0) is 16.8. The van der Waals surface area contributed by atoms with E-state index in [1.54, 1.807) is 27.7 Å². The SMILES string of the molecule is CCCCC1CCCC1NC(=O)C(C)NC(=O)OC(C)(C)C. The van der Waals surface area contributed by atoms with Gasteiger partial charge in [0.25, 0.3) is 0 Å². The average molecular weight is 312 g/mol. The van der Waals surface area contributed by atoms with Crippen LogP contribution >= 0.6 is 0 Å². The van der Waals surface area contributed by atoms with Gasteiger partial charge in [-0.3, -0.25) is 4.79 Å². The van der Waals surface area contributed by atoms with E-state index in [1.807, 2.05) is 0 Å². The number of unbranched alkanes of at least 4 members (excludes halogenated alkanes) is 1. The van der Waals surface area contributed by atoms with Crippen molar-refractivity contribution < 1.29 is 14.3 Å². The summed E-state index contributed by atoms with van der Waals surface area (Å²) < 4.78 is 5.17. The van der Waals surface area contributed by atoms with Crippen molar-refractivity contribution in [1.29, 1.82) is 0 Å². The molecule has 128 valence electrons. The largest absolute Gasteiger partial charge is 0.444 e. The van der Waals surface area contributed by atoms with Gasteiger partial charge in [-0.15, -0.1) is 0 Å². The molecule has 0 aliphatic heterocycles. The predicted molar refractivity (Wildman–Crippen MR) is 87.6 cm³/mol. The van der Waals surface area contributed by atoms with Gasteiger partial charge >= 0.3 is 6.09 Å². The number of hydrogen-bond acceptors (Lipinski definition) is 3. The maximum absolute atomic E-state index is 12.2. The molecule has 5 heteroatoms. The Balaban J connectivity index is 2.41. The Labute approximate surface area is 134 Å². The Hall–Kier alpha value is -1.26. The molecule has 0 spiro atoms. The van der Waals surface area contributed by atoms with E-state index in [1.165, 1.54) is 32.1 Å². The number of amides is 2. The van der Waals surface area contributed by atoms with Crippen LogP contribution < -0.4 is 10.6 Å². The van der Waals surface area contributed by atoms with Crippen LogP contribution in [-0.2, 0) is 9.53 Å². The number of hydrogen-bond donors (Lipinski definition) is 2. The van der Waals surface area contributed by atoms with Gasteiger partial charge in [0.05, 0.1) is 0 Å². The summed E-state index contributed by atoms with van der Waals surface area (Å²) in [6.07, 6.45) is 6.43. The van der Waals surface area contributed by atoms with Gasteiger partial charge in [-0.2, -0.15) is 0 Å². The molecule has 22 heavy (non-hydrogen) atoms. The van der Waals surface area contributed by atoms with E-state index >= 15 is 0 Å². The summed E-state index contributed by atoms with van der Waals surface area (Å²) in [5.41, 5.74) is -0.559. The van der Waals surface area contributed by atoms with E-state index in [9.17, 15) is 9.59 Å². The molecule has 3 atom stereocenters. The van der Waals surface area contributed by atoms with Crippen molar-refractivity contribution in [3.05, 3.63) is 0 Å². The van der Waals surface area contributed by atoms with Crippen molar-refractivity contribution in [2.75, 3.05) is 0 Å². The zero-order valence-electron chi connectivity index (χ0n) is 14.7. The molecule has 1 aliphatic carbocycles. The van der Waals surface area contributed by atoms with Gasteiger partial charge in [-0.05, 0) is 52.9 Å². The number of ether oxygens (including phenoxy) is 1. The first-order valence-electron chi connectivity index (χ1n) is 8.53. The molecule has 1 aliphatic rings. The minimum Gasteiger partial charge on any atom is -0.444 e. The van der Waals surface area contributed by atoms with Crippen LogP contribution in [0.2, 0.25) is 0 Å². The standard InChI is InChI=1S/C17H32N2O3/c1-6-7-9-13-10-8-11-14(13)19-15(20)12(2)18-16(21)22-17(3,4)5/h12-14H,6-11H2,1-5H3,(H,18,21)(H,19,20). The summed E-state index contributed by atoms with van der Waals surface area (Å²) in [5.74, 6) is 0.455. The number of rotatable bonds is 6. The molecule has 5 nitrogen and oxygen atoms in total. The number of carbonyl (C=O) groups excluding carboxylic acids is 2. The van der Waals surface area contributed by atoms with Crippen molar-refractivity contribution in [2.45, 2.75) is 90.8 Å². The number of alkyl carbamates (subject to hydrolysis) is 1. The van der Waals surface area contributed by atoms with Crippen LogP contribution in [0.5, 0.6) is 0 Å². The lowest BCUT2D eigenvalue weighted by atomic mass is 9.96. The quantitative estimate of drug-likeness (QED) is 0.790. The van der Waals surface area contributed by atoms with Gasteiger partial charge in [-0.1, -0.05) is 26.2 Å². The highest BCUT2D eigenvalue weighted by Gasteiger charge is 2.29. The van der Waals surface area contributed by atoms with Crippen molar-refractivity contribution in [2.24, 2.45) is 5.92 Å². The van der Waals surface area contributed by atoms with Gasteiger partial charge in [0, 0.05) is 6.04 Å². The Morgan fingerprint density at radius 2 is 1.95 bits per heavy atom. The summed E-state index contributed by atoms with van der Waals surface area (Å²) >= 11 is 0. The first kappa shape index (κ1) is 18.8. The lowest BCUT2D eigenvalue weighted by Gasteiger charge is -2.24. The van der Waals surface area contributed by atoms with Gasteiger partial charge < -0.3 is 15.4 Å². The molecule has 0 aromatic carbocycles. The molecular formula is C17H32N2O3. The monoisotopic (exact) mass is 312 g/mol. The highest BCUT2D eigenvalue weighted by molar-refractivity contribution is 5.85. The second-order valence-corrected chi connectivity index (χ2v) is 7.32. The Morgan fingerprint density at radius 3 is 2.55 bits per heavy atom. The van der Waals surface area contributed by atoms with Gasteiger partial charge in [0.15, 0.2) is 0 Å². The van der Waals surface area contributed by atoms with E-state index in [2.05, 4.69) is 17.6 Å². The Morgan fingerprint density at radius 1 is 1.27 bits per heavy atom. The van der Waals surface area contributed by atoms with E-state index in [0.717, 1.165) is 6.42 Å². The Bertz CT molecular complexity index is 377. The molecular weight excluding hydrogens is 280 g/mol. The lowest BCUT2D eigenvalue weighted by molar-refractivity contribution is -0.123. The topological polar surface area (TPSA) is 67.4 Å². The highest BCUT2D eigenvalue weighted by atomic mass is 16.6. The maximum Gasteiger partial charge on any atom is 0.408 e. The molecule has 0 aromatic heterocycles. The molecule has 0 aromatic rings. The third-order valence-corrected chi connectivity index (χ3v) is 4.04. The average Bonchev–Trinajstić information content (AvgIpc) is 2.81. The van der Waals surface area contributed by atoms with Crippen molar-refractivity contribution >= 4 is 12.0 Å². The third-order valence-electron chi connectivity index (χ3n) is 4.04. The van der Waals surface area contributed by atoms with Crippen LogP contribution in [0.15, 0.2) is 0 Å². The normalized spacial score (nSPS) is 23.0. The molecule has 1 rings (SSSR count). The summed E-state index contributed by atoms with van der Waals surface area (Å²) in [7, 11) is 0. The summed E-state index contributed by atoms with van der Waals surface area (Å²) in [6, 6.07) is -0.329. The highest BCUT2D eigenvalue weighted by Crippen LogP contribution is 2.29. The van der Waals surface area contributed by atoms with Crippen LogP contribution in [-0.4, -0.2) is 29.7 Å². The fourth-order valence-corrected chi connectivity index (χ4v) is 2.90. The molecule has 2 amide bonds. The molecule has 0 radical (unpaired) electrons. The van der Waals surface area contributed by atoms with Crippen LogP contribution in [0, 0.1) is 5.92 Å². The molecule has 1 saturated carbocycles. The molecule has 0 heterocycles. The molecule has 0 bridgehead atoms. The summed E-state index contributed by atoms with van der Waals surface area (Å²) in [5, 5.41) is 5.69. The van der Waals surface area contributed by atoms with Crippen LogP contribution in [0.1, 0.15) is 73.1 Å². The van der Waals surface area contributed by atoms with Crippen LogP contribution in [0.3, 0.4) is 0 Å². The van der Waals surface area contributed by atoms with Gasteiger partial charge in [0.2, 0.25) is 5.91 Å². The zero-order valence-corrected chi connectivity index (χ0v) is 14.7. The van der Waals surface area contributed by atoms with Crippen LogP contribution in [0.25, 0.3) is 0 Å². The fraction of sp³-hybridized carbons (Fsp3) is 0.882. The van der Waals surface area contributed by atoms with Gasteiger partial charge in [-0.25, -0.2) is 4.79 Å². The van der Waals surface area contributed by atoms with E-state index in [0.29, 0.717) is 5.92 Å². The van der Waals surface area contributed by atoms with Gasteiger partial charge in [0.1, 0.15) is 11.6 Å². The number of nitrogens with one attached hydrogen (secondary N) is 2. The Kier molecular flexibility index (Phi) is 7.17. The minimum absolute atomic E-state index is 0.126. The minimum atomic E-state index is -0.581. The van der Waals surface area contributed by atoms with Crippen molar-refractivity contribution in [1.82, 2.24) is 10.6 Å². The summed E-state index contributed by atoms with van der Waals surface area (Å²) in [4.78, 5) is 23.9.